The summed E-state index contributed by atoms with van der Waals surface area (Å²) in [5, 5.41) is 8.86. The van der Waals surface area contributed by atoms with E-state index in [1.54, 1.807) is 0 Å². The Labute approximate surface area is 107 Å². The van der Waals surface area contributed by atoms with Gasteiger partial charge in [-0.25, -0.2) is 0 Å². The summed E-state index contributed by atoms with van der Waals surface area (Å²) in [6.45, 7) is 1.26. The largest absolute Gasteiger partial charge is 0.494 e. The van der Waals surface area contributed by atoms with E-state index in [1.165, 1.54) is 11.1 Å². The quantitative estimate of drug-likeness (QED) is 0.755. The van der Waals surface area contributed by atoms with Crippen molar-refractivity contribution in [2.24, 2.45) is 5.73 Å². The van der Waals surface area contributed by atoms with Crippen LogP contribution < -0.4 is 10.5 Å². The molecule has 0 saturated carbocycles. The van der Waals surface area contributed by atoms with Crippen molar-refractivity contribution < 1.29 is 14.6 Å². The fourth-order valence-electron chi connectivity index (χ4n) is 2.47. The lowest BCUT2D eigenvalue weighted by atomic mass is 9.98. The van der Waals surface area contributed by atoms with Crippen LogP contribution in [0, 0.1) is 0 Å². The van der Waals surface area contributed by atoms with Crippen LogP contribution in [0.4, 0.5) is 0 Å². The Morgan fingerprint density at radius 3 is 3.06 bits per heavy atom. The van der Waals surface area contributed by atoms with Gasteiger partial charge in [-0.1, -0.05) is 6.07 Å². The number of hydrogen-bond acceptors (Lipinski definition) is 3. The smallest absolute Gasteiger partial charge is 0.303 e. The molecule has 4 heteroatoms. The first kappa shape index (κ1) is 12.9. The highest BCUT2D eigenvalue weighted by molar-refractivity contribution is 5.68. The minimum absolute atomic E-state index is 0.163. The van der Waals surface area contributed by atoms with Crippen molar-refractivity contribution in [3.63, 3.8) is 0 Å². The molecule has 0 saturated heterocycles. The van der Waals surface area contributed by atoms with E-state index < -0.39 is 5.97 Å². The van der Waals surface area contributed by atoms with E-state index in [0.717, 1.165) is 25.0 Å². The SMILES string of the molecule is NCCCOc1ccc2c(c1)CC[C@H]2CC(=O)O. The van der Waals surface area contributed by atoms with E-state index >= 15 is 0 Å². The van der Waals surface area contributed by atoms with Gasteiger partial charge >= 0.3 is 5.97 Å². The topological polar surface area (TPSA) is 72.5 Å². The number of carboxylic acids is 1. The van der Waals surface area contributed by atoms with Crippen LogP contribution in [0.1, 0.15) is 36.3 Å². The Morgan fingerprint density at radius 1 is 1.50 bits per heavy atom. The van der Waals surface area contributed by atoms with Gasteiger partial charge in [-0.15, -0.1) is 0 Å². The maximum Gasteiger partial charge on any atom is 0.303 e. The second-order valence-electron chi connectivity index (χ2n) is 4.68. The average molecular weight is 249 g/mol. The highest BCUT2D eigenvalue weighted by atomic mass is 16.5. The van der Waals surface area contributed by atoms with Crippen molar-refractivity contribution in [2.45, 2.75) is 31.6 Å². The van der Waals surface area contributed by atoms with E-state index in [4.69, 9.17) is 15.6 Å². The van der Waals surface area contributed by atoms with Crippen molar-refractivity contribution in [3.05, 3.63) is 29.3 Å². The number of rotatable bonds is 6. The number of aliphatic carboxylic acids is 1. The standard InChI is InChI=1S/C14H19NO3/c15-6-1-7-18-12-4-5-13-10(8-12)2-3-11(13)9-14(16)17/h4-5,8,11H,1-3,6-7,9,15H2,(H,16,17)/t11-/m0/s1. The first-order valence-electron chi connectivity index (χ1n) is 6.38. The van der Waals surface area contributed by atoms with Gasteiger partial charge in [0.25, 0.3) is 0 Å². The molecular formula is C14H19NO3. The monoisotopic (exact) mass is 249 g/mol. The molecular weight excluding hydrogens is 230 g/mol. The van der Waals surface area contributed by atoms with E-state index in [9.17, 15) is 4.79 Å². The lowest BCUT2D eigenvalue weighted by Crippen LogP contribution is -2.06. The molecule has 0 aliphatic heterocycles. The van der Waals surface area contributed by atoms with Crippen LogP contribution in [0.2, 0.25) is 0 Å². The van der Waals surface area contributed by atoms with E-state index in [2.05, 4.69) is 0 Å². The minimum Gasteiger partial charge on any atom is -0.494 e. The molecule has 3 N–H and O–H groups in total. The molecule has 0 bridgehead atoms. The van der Waals surface area contributed by atoms with Gasteiger partial charge in [0.1, 0.15) is 5.75 Å². The van der Waals surface area contributed by atoms with Gasteiger partial charge in [0.2, 0.25) is 0 Å². The third-order valence-electron chi connectivity index (χ3n) is 3.35. The van der Waals surface area contributed by atoms with Gasteiger partial charge in [-0.05, 0) is 55.0 Å². The zero-order chi connectivity index (χ0) is 13.0. The van der Waals surface area contributed by atoms with Crippen molar-refractivity contribution >= 4 is 5.97 Å². The van der Waals surface area contributed by atoms with Crippen LogP contribution in [0.25, 0.3) is 0 Å². The maximum absolute atomic E-state index is 10.8. The van der Waals surface area contributed by atoms with Crippen LogP contribution >= 0.6 is 0 Å². The lowest BCUT2D eigenvalue weighted by Gasteiger charge is -2.10. The molecule has 2 rings (SSSR count). The third-order valence-corrected chi connectivity index (χ3v) is 3.35. The normalized spacial score (nSPS) is 17.5. The summed E-state index contributed by atoms with van der Waals surface area (Å²) in [5.74, 6) is 0.296. The number of hydrogen-bond donors (Lipinski definition) is 2. The number of fused-ring (bicyclic) bond motifs is 1. The summed E-state index contributed by atoms with van der Waals surface area (Å²) < 4.78 is 5.59. The van der Waals surface area contributed by atoms with Crippen LogP contribution in [-0.4, -0.2) is 24.2 Å². The van der Waals surface area contributed by atoms with Gasteiger partial charge in [-0.3, -0.25) is 4.79 Å². The molecule has 1 aromatic carbocycles. The van der Waals surface area contributed by atoms with Crippen molar-refractivity contribution in [2.75, 3.05) is 13.2 Å². The Bertz CT molecular complexity index is 431. The number of ether oxygens (including phenoxy) is 1. The van der Waals surface area contributed by atoms with Crippen molar-refractivity contribution in [3.8, 4) is 5.75 Å². The first-order valence-corrected chi connectivity index (χ1v) is 6.38. The number of carboxylic acid groups (broad SMARTS) is 1. The van der Waals surface area contributed by atoms with Gasteiger partial charge in [0.05, 0.1) is 13.0 Å². The molecule has 98 valence electrons. The molecule has 0 spiro atoms. The minimum atomic E-state index is -0.726. The molecule has 0 aromatic heterocycles. The van der Waals surface area contributed by atoms with E-state index in [-0.39, 0.29) is 12.3 Å². The van der Waals surface area contributed by atoms with Crippen LogP contribution in [-0.2, 0) is 11.2 Å². The molecule has 0 radical (unpaired) electrons. The predicted octanol–water partition coefficient (Wildman–Crippen LogP) is 1.92. The summed E-state index contributed by atoms with van der Waals surface area (Å²) >= 11 is 0. The first-order chi connectivity index (χ1) is 8.70. The molecule has 1 aliphatic carbocycles. The highest BCUT2D eigenvalue weighted by Crippen LogP contribution is 2.37. The average Bonchev–Trinajstić information content (AvgIpc) is 2.72. The zero-order valence-electron chi connectivity index (χ0n) is 10.4. The van der Waals surface area contributed by atoms with Crippen LogP contribution in [0.3, 0.4) is 0 Å². The Balaban J connectivity index is 2.03. The fourth-order valence-corrected chi connectivity index (χ4v) is 2.47. The third kappa shape index (κ3) is 3.01. The summed E-state index contributed by atoms with van der Waals surface area (Å²) in [5.41, 5.74) is 7.81. The summed E-state index contributed by atoms with van der Waals surface area (Å²) in [7, 11) is 0. The summed E-state index contributed by atoms with van der Waals surface area (Å²) in [4.78, 5) is 10.8. The van der Waals surface area contributed by atoms with Gasteiger partial charge in [0.15, 0.2) is 0 Å². The second-order valence-corrected chi connectivity index (χ2v) is 4.68. The summed E-state index contributed by atoms with van der Waals surface area (Å²) in [6, 6.07) is 5.97. The molecule has 0 amide bonds. The molecule has 0 unspecified atom stereocenters. The van der Waals surface area contributed by atoms with Crippen LogP contribution in [0.15, 0.2) is 18.2 Å². The zero-order valence-corrected chi connectivity index (χ0v) is 10.4. The number of carbonyl (C=O) groups is 1. The number of benzene rings is 1. The Morgan fingerprint density at radius 2 is 2.33 bits per heavy atom. The highest BCUT2D eigenvalue weighted by Gasteiger charge is 2.24. The lowest BCUT2D eigenvalue weighted by molar-refractivity contribution is -0.137. The summed E-state index contributed by atoms with van der Waals surface area (Å²) in [6.07, 6.45) is 2.94. The van der Waals surface area contributed by atoms with Gasteiger partial charge in [0, 0.05) is 0 Å². The van der Waals surface area contributed by atoms with Crippen molar-refractivity contribution in [1.82, 2.24) is 0 Å². The van der Waals surface area contributed by atoms with Gasteiger partial charge < -0.3 is 15.6 Å². The molecule has 1 atom stereocenters. The number of aryl methyl sites for hydroxylation is 1. The van der Waals surface area contributed by atoms with Crippen LogP contribution in [0.5, 0.6) is 5.75 Å². The molecule has 0 fully saturated rings. The van der Waals surface area contributed by atoms with Gasteiger partial charge in [-0.2, -0.15) is 0 Å². The maximum atomic E-state index is 10.8. The fraction of sp³-hybridized carbons (Fsp3) is 0.500. The number of nitrogens with two attached hydrogens (primary N) is 1. The molecule has 4 nitrogen and oxygen atoms in total. The molecule has 0 heterocycles. The molecule has 18 heavy (non-hydrogen) atoms. The predicted molar refractivity (Wildman–Crippen MR) is 68.9 cm³/mol. The molecule has 1 aliphatic rings. The second kappa shape index (κ2) is 5.87. The Hall–Kier alpha value is -1.55. The Kier molecular flexibility index (Phi) is 4.20. The van der Waals surface area contributed by atoms with E-state index in [0.29, 0.717) is 13.2 Å². The molecule has 1 aromatic rings. The van der Waals surface area contributed by atoms with Crippen molar-refractivity contribution in [1.29, 1.82) is 0 Å². The van der Waals surface area contributed by atoms with E-state index in [1.807, 2.05) is 18.2 Å².